The number of aryl methyl sites for hydroxylation is 1. The summed E-state index contributed by atoms with van der Waals surface area (Å²) in [6.07, 6.45) is 4.77. The van der Waals surface area contributed by atoms with Crippen LogP contribution in [0, 0.1) is 6.92 Å². The first kappa shape index (κ1) is 21.1. The van der Waals surface area contributed by atoms with Crippen LogP contribution in [0.1, 0.15) is 30.8 Å². The van der Waals surface area contributed by atoms with E-state index in [2.05, 4.69) is 25.6 Å². The molecule has 0 atom stereocenters. The number of nitrogens with one attached hydrogen (secondary N) is 2. The monoisotopic (exact) mass is 413 g/mol. The lowest BCUT2D eigenvalue weighted by atomic mass is 10.2. The topological polar surface area (TPSA) is 89.0 Å². The molecule has 3 rings (SSSR count). The van der Waals surface area contributed by atoms with E-state index < -0.39 is 5.92 Å². The Hall–Kier alpha value is -3.62. The van der Waals surface area contributed by atoms with Gasteiger partial charge in [0, 0.05) is 43.7 Å². The molecule has 1 amide bonds. The highest BCUT2D eigenvalue weighted by molar-refractivity contribution is 5.88. The molecule has 0 aromatic carbocycles. The second-order valence-corrected chi connectivity index (χ2v) is 6.79. The van der Waals surface area contributed by atoms with Crippen LogP contribution in [0.5, 0.6) is 5.75 Å². The summed E-state index contributed by atoms with van der Waals surface area (Å²) in [5, 5.41) is 5.67. The molecule has 0 unspecified atom stereocenters. The fraction of sp³-hybridized carbons (Fsp3) is 0.238. The lowest BCUT2D eigenvalue weighted by Crippen LogP contribution is -2.11. The van der Waals surface area contributed by atoms with Gasteiger partial charge in [0.1, 0.15) is 18.1 Å². The van der Waals surface area contributed by atoms with Gasteiger partial charge in [-0.25, -0.2) is 4.98 Å². The SMILES string of the molecule is CC(=O)Nc1cc(Nc2cc(C)nc(C(C)(F)F)c2)c(OCc2ccncc2)cn1. The van der Waals surface area contributed by atoms with Crippen molar-refractivity contribution in [1.82, 2.24) is 15.0 Å². The average molecular weight is 413 g/mol. The first-order chi connectivity index (χ1) is 14.2. The van der Waals surface area contributed by atoms with Crippen molar-refractivity contribution in [3.63, 3.8) is 0 Å². The van der Waals surface area contributed by atoms with Gasteiger partial charge in [-0.05, 0) is 36.8 Å². The number of alkyl halides is 2. The van der Waals surface area contributed by atoms with E-state index in [1.54, 1.807) is 31.5 Å². The van der Waals surface area contributed by atoms with Gasteiger partial charge in [0.05, 0.1) is 11.9 Å². The molecular formula is C21H21F2N5O2. The van der Waals surface area contributed by atoms with Gasteiger partial charge >= 0.3 is 0 Å². The van der Waals surface area contributed by atoms with Crippen LogP contribution >= 0.6 is 0 Å². The van der Waals surface area contributed by atoms with E-state index in [0.717, 1.165) is 12.5 Å². The van der Waals surface area contributed by atoms with Gasteiger partial charge in [-0.15, -0.1) is 0 Å². The Morgan fingerprint density at radius 1 is 1.20 bits per heavy atom. The number of carbonyl (C=O) groups is 1. The van der Waals surface area contributed by atoms with Crippen molar-refractivity contribution in [1.29, 1.82) is 0 Å². The largest absolute Gasteiger partial charge is 0.485 e. The van der Waals surface area contributed by atoms with Gasteiger partial charge in [0.15, 0.2) is 5.75 Å². The Morgan fingerprint density at radius 3 is 2.60 bits per heavy atom. The zero-order valence-corrected chi connectivity index (χ0v) is 16.7. The summed E-state index contributed by atoms with van der Waals surface area (Å²) in [6, 6.07) is 8.11. The van der Waals surface area contributed by atoms with E-state index >= 15 is 0 Å². The predicted octanol–water partition coefficient (Wildman–Crippen LogP) is 4.57. The van der Waals surface area contributed by atoms with Crippen LogP contribution in [-0.2, 0) is 17.3 Å². The lowest BCUT2D eigenvalue weighted by Gasteiger charge is -2.17. The molecule has 0 aliphatic rings. The van der Waals surface area contributed by atoms with Gasteiger partial charge in [0.25, 0.3) is 5.92 Å². The summed E-state index contributed by atoms with van der Waals surface area (Å²) in [5.74, 6) is -2.68. The van der Waals surface area contributed by atoms with E-state index in [0.29, 0.717) is 28.6 Å². The maximum absolute atomic E-state index is 13.8. The molecular weight excluding hydrogens is 392 g/mol. The molecule has 0 aliphatic heterocycles. The number of hydrogen-bond acceptors (Lipinski definition) is 6. The van der Waals surface area contributed by atoms with Crippen molar-refractivity contribution in [2.45, 2.75) is 33.3 Å². The number of pyridine rings is 3. The minimum atomic E-state index is -3.08. The van der Waals surface area contributed by atoms with Crippen molar-refractivity contribution in [3.8, 4) is 5.75 Å². The quantitative estimate of drug-likeness (QED) is 0.590. The molecule has 0 aliphatic carbocycles. The van der Waals surface area contributed by atoms with Crippen molar-refractivity contribution >= 4 is 23.1 Å². The maximum Gasteiger partial charge on any atom is 0.287 e. The number of amides is 1. The third kappa shape index (κ3) is 5.69. The smallest absolute Gasteiger partial charge is 0.287 e. The molecule has 3 heterocycles. The van der Waals surface area contributed by atoms with Crippen molar-refractivity contribution in [2.75, 3.05) is 10.6 Å². The molecule has 156 valence electrons. The molecule has 0 bridgehead atoms. The van der Waals surface area contributed by atoms with E-state index in [4.69, 9.17) is 4.74 Å². The number of hydrogen-bond donors (Lipinski definition) is 2. The Bertz CT molecular complexity index is 1040. The van der Waals surface area contributed by atoms with Crippen molar-refractivity contribution in [3.05, 3.63) is 65.9 Å². The average Bonchev–Trinajstić information content (AvgIpc) is 2.66. The Balaban J connectivity index is 1.92. The normalized spacial score (nSPS) is 11.1. The summed E-state index contributed by atoms with van der Waals surface area (Å²) >= 11 is 0. The van der Waals surface area contributed by atoms with Gasteiger partial charge in [-0.2, -0.15) is 8.78 Å². The standard InChI is InChI=1S/C21H21F2N5O2/c1-13-8-16(9-19(26-13)21(3,22)23)28-17-10-20(27-14(2)29)25-11-18(17)30-12-15-4-6-24-7-5-15/h4-11H,12H2,1-3H3,(H2,25,26,27,28,29). The van der Waals surface area contributed by atoms with E-state index in [1.807, 2.05) is 12.1 Å². The number of anilines is 3. The maximum atomic E-state index is 13.8. The predicted molar refractivity (Wildman–Crippen MR) is 109 cm³/mol. The highest BCUT2D eigenvalue weighted by Gasteiger charge is 2.27. The number of nitrogens with zero attached hydrogens (tertiary/aromatic N) is 3. The van der Waals surface area contributed by atoms with Gasteiger partial charge in [-0.1, -0.05) is 0 Å². The van der Waals surface area contributed by atoms with Crippen LogP contribution in [0.25, 0.3) is 0 Å². The van der Waals surface area contributed by atoms with E-state index in [1.165, 1.54) is 19.2 Å². The number of halogens is 2. The number of ether oxygens (including phenoxy) is 1. The van der Waals surface area contributed by atoms with Crippen LogP contribution in [0.4, 0.5) is 26.0 Å². The minimum Gasteiger partial charge on any atom is -0.485 e. The van der Waals surface area contributed by atoms with Crippen LogP contribution in [0.3, 0.4) is 0 Å². The number of aromatic nitrogens is 3. The van der Waals surface area contributed by atoms with E-state index in [-0.39, 0.29) is 18.2 Å². The zero-order valence-electron chi connectivity index (χ0n) is 16.7. The summed E-state index contributed by atoms with van der Waals surface area (Å²) < 4.78 is 33.4. The molecule has 0 saturated heterocycles. The fourth-order valence-corrected chi connectivity index (χ4v) is 2.67. The molecule has 3 aromatic heterocycles. The number of rotatable bonds is 7. The molecule has 2 N–H and O–H groups in total. The van der Waals surface area contributed by atoms with Crippen LogP contribution in [-0.4, -0.2) is 20.9 Å². The first-order valence-electron chi connectivity index (χ1n) is 9.14. The third-order valence-corrected chi connectivity index (χ3v) is 4.00. The number of carbonyl (C=O) groups excluding carboxylic acids is 1. The summed E-state index contributed by atoms with van der Waals surface area (Å²) in [7, 11) is 0. The molecule has 0 spiro atoms. The molecule has 7 nitrogen and oxygen atoms in total. The summed E-state index contributed by atoms with van der Waals surface area (Å²) in [6.45, 7) is 4.05. The van der Waals surface area contributed by atoms with Crippen LogP contribution < -0.4 is 15.4 Å². The highest BCUT2D eigenvalue weighted by Crippen LogP contribution is 2.33. The lowest BCUT2D eigenvalue weighted by molar-refractivity contribution is -0.114. The molecule has 30 heavy (non-hydrogen) atoms. The molecule has 0 saturated carbocycles. The second-order valence-electron chi connectivity index (χ2n) is 6.79. The summed E-state index contributed by atoms with van der Waals surface area (Å²) in [5.41, 5.74) is 1.86. The fourth-order valence-electron chi connectivity index (χ4n) is 2.67. The van der Waals surface area contributed by atoms with Crippen molar-refractivity contribution < 1.29 is 18.3 Å². The summed E-state index contributed by atoms with van der Waals surface area (Å²) in [4.78, 5) is 23.4. The van der Waals surface area contributed by atoms with Gasteiger partial charge < -0.3 is 15.4 Å². The molecule has 9 heteroatoms. The van der Waals surface area contributed by atoms with Crippen molar-refractivity contribution in [2.24, 2.45) is 0 Å². The first-order valence-corrected chi connectivity index (χ1v) is 9.14. The minimum absolute atomic E-state index is 0.256. The van der Waals surface area contributed by atoms with Gasteiger partial charge in [-0.3, -0.25) is 14.8 Å². The molecule has 0 fully saturated rings. The third-order valence-electron chi connectivity index (χ3n) is 4.00. The Labute approximate surface area is 172 Å². The van der Waals surface area contributed by atoms with Gasteiger partial charge in [0.2, 0.25) is 5.91 Å². The Kier molecular flexibility index (Phi) is 6.20. The molecule has 3 aromatic rings. The second kappa shape index (κ2) is 8.81. The zero-order chi connectivity index (χ0) is 21.7. The highest BCUT2D eigenvalue weighted by atomic mass is 19.3. The Morgan fingerprint density at radius 2 is 1.93 bits per heavy atom. The van der Waals surface area contributed by atoms with E-state index in [9.17, 15) is 13.6 Å². The van der Waals surface area contributed by atoms with Crippen LogP contribution in [0.2, 0.25) is 0 Å². The molecule has 0 radical (unpaired) electrons. The van der Waals surface area contributed by atoms with Crippen LogP contribution in [0.15, 0.2) is 48.9 Å².